The Kier molecular flexibility index (Phi) is 3.52. The normalized spacial score (nSPS) is 23.4. The predicted molar refractivity (Wildman–Crippen MR) is 100 cm³/mol. The van der Waals surface area contributed by atoms with E-state index in [9.17, 15) is 0 Å². The van der Waals surface area contributed by atoms with Crippen LogP contribution in [0, 0.1) is 0 Å². The van der Waals surface area contributed by atoms with Crippen LogP contribution in [0.4, 0.5) is 0 Å². The van der Waals surface area contributed by atoms with E-state index in [1.54, 1.807) is 0 Å². The number of aromatic amines is 1. The van der Waals surface area contributed by atoms with E-state index in [0.29, 0.717) is 0 Å². The molecule has 0 saturated carbocycles. The maximum atomic E-state index is 6.26. The van der Waals surface area contributed by atoms with Gasteiger partial charge in [0.25, 0.3) is 0 Å². The van der Waals surface area contributed by atoms with Crippen LogP contribution in [0.25, 0.3) is 21.8 Å². The van der Waals surface area contributed by atoms with Gasteiger partial charge in [0, 0.05) is 28.2 Å². The minimum absolute atomic E-state index is 0.109. The summed E-state index contributed by atoms with van der Waals surface area (Å²) < 4.78 is 12.3. The number of H-pyrrole nitrogens is 1. The van der Waals surface area contributed by atoms with E-state index in [4.69, 9.17) is 9.31 Å². The summed E-state index contributed by atoms with van der Waals surface area (Å²) in [5.41, 5.74) is 3.00. The lowest BCUT2D eigenvalue weighted by Gasteiger charge is -2.36. The summed E-state index contributed by atoms with van der Waals surface area (Å²) >= 11 is 0. The molecule has 0 radical (unpaired) electrons. The molecule has 24 heavy (non-hydrogen) atoms. The fourth-order valence-corrected chi connectivity index (χ4v) is 3.73. The maximum Gasteiger partial charge on any atom is 0.457 e. The molecule has 2 aromatic carbocycles. The average Bonchev–Trinajstić information content (AvgIpc) is 3.01. The molecule has 1 saturated heterocycles. The SMILES string of the molecule is CCB1OC(C)(C)C(C)(Cc2ccc3c(c2)[nH]c2ccccc23)O1. The van der Waals surface area contributed by atoms with E-state index in [1.165, 1.54) is 27.4 Å². The lowest BCUT2D eigenvalue weighted by atomic mass is 9.82. The van der Waals surface area contributed by atoms with Gasteiger partial charge in [-0.3, -0.25) is 0 Å². The van der Waals surface area contributed by atoms with Crippen molar-refractivity contribution in [3.8, 4) is 0 Å². The largest absolute Gasteiger partial charge is 0.457 e. The van der Waals surface area contributed by atoms with Gasteiger partial charge in [0.05, 0.1) is 11.2 Å². The lowest BCUT2D eigenvalue weighted by Crippen LogP contribution is -2.46. The molecule has 1 unspecified atom stereocenters. The summed E-state index contributed by atoms with van der Waals surface area (Å²) in [5.74, 6) is 0. The third-order valence-corrected chi connectivity index (χ3v) is 5.54. The molecule has 0 aliphatic carbocycles. The number of rotatable bonds is 3. The molecule has 1 aliphatic heterocycles. The van der Waals surface area contributed by atoms with Crippen LogP contribution in [0.3, 0.4) is 0 Å². The van der Waals surface area contributed by atoms with Gasteiger partial charge >= 0.3 is 7.12 Å². The summed E-state index contributed by atoms with van der Waals surface area (Å²) in [7, 11) is -0.109. The second kappa shape index (κ2) is 5.37. The molecule has 1 N–H and O–H groups in total. The minimum atomic E-state index is -0.326. The summed E-state index contributed by atoms with van der Waals surface area (Å²) in [6, 6.07) is 15.1. The first-order valence-corrected chi connectivity index (χ1v) is 8.77. The van der Waals surface area contributed by atoms with Gasteiger partial charge < -0.3 is 14.3 Å². The Morgan fingerprint density at radius 2 is 1.71 bits per heavy atom. The van der Waals surface area contributed by atoms with Gasteiger partial charge in [-0.15, -0.1) is 0 Å². The van der Waals surface area contributed by atoms with Crippen LogP contribution in [0.5, 0.6) is 0 Å². The highest BCUT2D eigenvalue weighted by Gasteiger charge is 2.53. The third kappa shape index (κ3) is 2.36. The fraction of sp³-hybridized carbons (Fsp3) is 0.400. The van der Waals surface area contributed by atoms with Crippen molar-refractivity contribution in [1.29, 1.82) is 0 Å². The lowest BCUT2D eigenvalue weighted by molar-refractivity contribution is -0.00875. The van der Waals surface area contributed by atoms with E-state index in [2.05, 4.69) is 75.1 Å². The highest BCUT2D eigenvalue weighted by atomic mass is 16.7. The molecule has 1 aliphatic rings. The molecule has 0 amide bonds. The maximum absolute atomic E-state index is 6.26. The zero-order valence-electron chi connectivity index (χ0n) is 14.8. The number of aromatic nitrogens is 1. The molecule has 0 spiro atoms. The van der Waals surface area contributed by atoms with Crippen molar-refractivity contribution in [1.82, 2.24) is 4.98 Å². The molecule has 1 fully saturated rings. The average molecular weight is 321 g/mol. The minimum Gasteiger partial charge on any atom is -0.403 e. The van der Waals surface area contributed by atoms with Crippen LogP contribution >= 0.6 is 0 Å². The zero-order chi connectivity index (χ0) is 16.9. The summed E-state index contributed by atoms with van der Waals surface area (Å²) in [5, 5.41) is 2.55. The zero-order valence-corrected chi connectivity index (χ0v) is 14.8. The summed E-state index contributed by atoms with van der Waals surface area (Å²) in [6.45, 7) is 8.52. The monoisotopic (exact) mass is 321 g/mol. The van der Waals surface area contributed by atoms with Crippen LogP contribution in [-0.2, 0) is 15.7 Å². The molecular formula is C20H24BNO2. The van der Waals surface area contributed by atoms with Crippen molar-refractivity contribution in [3.05, 3.63) is 48.0 Å². The highest BCUT2D eigenvalue weighted by Crippen LogP contribution is 2.41. The summed E-state index contributed by atoms with van der Waals surface area (Å²) in [4.78, 5) is 3.52. The van der Waals surface area contributed by atoms with Crippen molar-refractivity contribution in [2.24, 2.45) is 0 Å². The predicted octanol–water partition coefficient (Wildman–Crippen LogP) is 4.96. The number of hydrogen-bond donors (Lipinski definition) is 1. The number of hydrogen-bond acceptors (Lipinski definition) is 2. The molecular weight excluding hydrogens is 297 g/mol. The number of nitrogens with one attached hydrogen (secondary N) is 1. The van der Waals surface area contributed by atoms with Crippen LogP contribution in [0.1, 0.15) is 33.3 Å². The standard InChI is InChI=1S/C20H24BNO2/c1-5-21-23-19(2,3)20(4,24-21)13-14-10-11-16-15-8-6-7-9-17(15)22-18(16)12-14/h6-12,22H,5,13H2,1-4H3. The van der Waals surface area contributed by atoms with Gasteiger partial charge in [0.2, 0.25) is 0 Å². The molecule has 3 nitrogen and oxygen atoms in total. The topological polar surface area (TPSA) is 34.2 Å². The molecule has 124 valence electrons. The molecule has 0 bridgehead atoms. The van der Waals surface area contributed by atoms with Crippen LogP contribution in [0.2, 0.25) is 6.32 Å². The molecule has 2 heterocycles. The Hall–Kier alpha value is -1.78. The van der Waals surface area contributed by atoms with Gasteiger partial charge in [-0.25, -0.2) is 0 Å². The van der Waals surface area contributed by atoms with Gasteiger partial charge in [-0.1, -0.05) is 37.3 Å². The van der Waals surface area contributed by atoms with Gasteiger partial charge in [-0.05, 0) is 44.8 Å². The Bertz CT molecular complexity index is 901. The fourth-order valence-electron chi connectivity index (χ4n) is 3.73. The molecule has 1 atom stereocenters. The van der Waals surface area contributed by atoms with Gasteiger partial charge in [0.1, 0.15) is 0 Å². The smallest absolute Gasteiger partial charge is 0.403 e. The molecule has 4 rings (SSSR count). The number of fused-ring (bicyclic) bond motifs is 3. The van der Waals surface area contributed by atoms with Crippen LogP contribution in [0.15, 0.2) is 42.5 Å². The highest BCUT2D eigenvalue weighted by molar-refractivity contribution is 6.45. The van der Waals surface area contributed by atoms with Crippen molar-refractivity contribution in [3.63, 3.8) is 0 Å². The van der Waals surface area contributed by atoms with E-state index in [0.717, 1.165) is 12.7 Å². The first kappa shape index (κ1) is 15.7. The Morgan fingerprint density at radius 3 is 2.46 bits per heavy atom. The van der Waals surface area contributed by atoms with Crippen molar-refractivity contribution < 1.29 is 9.31 Å². The molecule has 1 aromatic heterocycles. The van der Waals surface area contributed by atoms with Crippen LogP contribution in [-0.4, -0.2) is 23.3 Å². The van der Waals surface area contributed by atoms with Crippen molar-refractivity contribution in [2.75, 3.05) is 0 Å². The van der Waals surface area contributed by atoms with E-state index in [-0.39, 0.29) is 18.3 Å². The third-order valence-electron chi connectivity index (χ3n) is 5.54. The van der Waals surface area contributed by atoms with Gasteiger partial charge in [-0.2, -0.15) is 0 Å². The van der Waals surface area contributed by atoms with E-state index >= 15 is 0 Å². The second-order valence-electron chi connectivity index (χ2n) is 7.54. The molecule has 3 aromatic rings. The second-order valence-corrected chi connectivity index (χ2v) is 7.54. The number of para-hydroxylation sites is 1. The first-order chi connectivity index (χ1) is 11.4. The Labute approximate surface area is 143 Å². The molecule has 4 heteroatoms. The van der Waals surface area contributed by atoms with Gasteiger partial charge in [0.15, 0.2) is 0 Å². The Morgan fingerprint density at radius 1 is 0.958 bits per heavy atom. The van der Waals surface area contributed by atoms with E-state index in [1.807, 2.05) is 0 Å². The van der Waals surface area contributed by atoms with Crippen LogP contribution < -0.4 is 0 Å². The van der Waals surface area contributed by atoms with Crippen molar-refractivity contribution in [2.45, 2.75) is 51.6 Å². The van der Waals surface area contributed by atoms with Crippen molar-refractivity contribution >= 4 is 28.9 Å². The summed E-state index contributed by atoms with van der Waals surface area (Å²) in [6.07, 6.45) is 1.71. The Balaban J connectivity index is 1.71. The number of benzene rings is 2. The van der Waals surface area contributed by atoms with E-state index < -0.39 is 0 Å². The quantitative estimate of drug-likeness (QED) is 0.692. The first-order valence-electron chi connectivity index (χ1n) is 8.77.